The summed E-state index contributed by atoms with van der Waals surface area (Å²) in [6, 6.07) is 0.491. The molecule has 0 amide bonds. The fourth-order valence-electron chi connectivity index (χ4n) is 2.01. The standard InChI is InChI=1S/C11H19N3/c1-2-14-8-11(13-9-14)10-6-4-3-5-7-12-10/h8-10,12H,2-7H2,1H3. The Kier molecular flexibility index (Phi) is 3.19. The van der Waals surface area contributed by atoms with Gasteiger partial charge in [0.25, 0.3) is 0 Å². The second-order valence-corrected chi connectivity index (χ2v) is 3.99. The number of nitrogens with one attached hydrogen (secondary N) is 1. The van der Waals surface area contributed by atoms with E-state index in [1.807, 2.05) is 6.33 Å². The molecular weight excluding hydrogens is 174 g/mol. The molecule has 1 unspecified atom stereocenters. The molecule has 1 saturated heterocycles. The first-order valence-electron chi connectivity index (χ1n) is 5.65. The topological polar surface area (TPSA) is 29.9 Å². The summed E-state index contributed by atoms with van der Waals surface area (Å²) in [5.74, 6) is 0. The van der Waals surface area contributed by atoms with E-state index >= 15 is 0 Å². The van der Waals surface area contributed by atoms with Crippen molar-refractivity contribution in [2.45, 2.75) is 45.2 Å². The van der Waals surface area contributed by atoms with Crippen molar-refractivity contribution in [2.75, 3.05) is 6.54 Å². The summed E-state index contributed by atoms with van der Waals surface area (Å²) in [6.45, 7) is 4.30. The molecule has 1 aromatic rings. The normalized spacial score (nSPS) is 23.4. The maximum atomic E-state index is 4.45. The van der Waals surface area contributed by atoms with E-state index < -0.39 is 0 Å². The molecule has 2 rings (SSSR count). The molecule has 0 aromatic carbocycles. The predicted molar refractivity (Wildman–Crippen MR) is 57.1 cm³/mol. The Hall–Kier alpha value is -0.830. The lowest BCUT2D eigenvalue weighted by Crippen LogP contribution is -2.20. The Morgan fingerprint density at radius 3 is 3.21 bits per heavy atom. The molecule has 0 radical (unpaired) electrons. The van der Waals surface area contributed by atoms with Crippen LogP contribution in [0.5, 0.6) is 0 Å². The van der Waals surface area contributed by atoms with Gasteiger partial charge in [-0.3, -0.25) is 0 Å². The highest BCUT2D eigenvalue weighted by molar-refractivity contribution is 5.04. The van der Waals surface area contributed by atoms with Crippen LogP contribution in [0, 0.1) is 0 Å². The van der Waals surface area contributed by atoms with Gasteiger partial charge >= 0.3 is 0 Å². The highest BCUT2D eigenvalue weighted by atomic mass is 15.1. The van der Waals surface area contributed by atoms with Gasteiger partial charge in [0, 0.05) is 12.7 Å². The summed E-state index contributed by atoms with van der Waals surface area (Å²) < 4.78 is 2.14. The van der Waals surface area contributed by atoms with Crippen LogP contribution in [-0.2, 0) is 6.54 Å². The fourth-order valence-corrected chi connectivity index (χ4v) is 2.01. The molecule has 2 heterocycles. The van der Waals surface area contributed by atoms with Crippen LogP contribution in [0.4, 0.5) is 0 Å². The van der Waals surface area contributed by atoms with E-state index in [1.54, 1.807) is 0 Å². The van der Waals surface area contributed by atoms with Crippen molar-refractivity contribution in [1.82, 2.24) is 14.9 Å². The molecule has 0 spiro atoms. The van der Waals surface area contributed by atoms with Gasteiger partial charge in [0.2, 0.25) is 0 Å². The molecule has 1 fully saturated rings. The highest BCUT2D eigenvalue weighted by Crippen LogP contribution is 2.20. The summed E-state index contributed by atoms with van der Waals surface area (Å²) in [7, 11) is 0. The van der Waals surface area contributed by atoms with Gasteiger partial charge < -0.3 is 9.88 Å². The first-order chi connectivity index (χ1) is 6.90. The van der Waals surface area contributed by atoms with Gasteiger partial charge in [0.1, 0.15) is 0 Å². The molecular formula is C11H19N3. The minimum Gasteiger partial charge on any atom is -0.337 e. The van der Waals surface area contributed by atoms with Gasteiger partial charge in [-0.1, -0.05) is 12.8 Å². The molecule has 1 aliphatic rings. The predicted octanol–water partition coefficient (Wildman–Crippen LogP) is 2.11. The average Bonchev–Trinajstić information content (AvgIpc) is 2.53. The zero-order valence-electron chi connectivity index (χ0n) is 8.87. The third-order valence-corrected chi connectivity index (χ3v) is 2.94. The quantitative estimate of drug-likeness (QED) is 0.779. The summed E-state index contributed by atoms with van der Waals surface area (Å²) in [6.07, 6.45) is 9.34. The molecule has 0 aliphatic carbocycles. The molecule has 1 aromatic heterocycles. The third kappa shape index (κ3) is 2.15. The van der Waals surface area contributed by atoms with Crippen molar-refractivity contribution >= 4 is 0 Å². The Morgan fingerprint density at radius 1 is 1.50 bits per heavy atom. The number of hydrogen-bond donors (Lipinski definition) is 1. The number of nitrogens with zero attached hydrogens (tertiary/aromatic N) is 2. The zero-order chi connectivity index (χ0) is 9.80. The SMILES string of the molecule is CCn1cnc(C2CCCCCN2)c1. The molecule has 3 nitrogen and oxygen atoms in total. The van der Waals surface area contributed by atoms with Crippen LogP contribution >= 0.6 is 0 Å². The molecule has 0 bridgehead atoms. The van der Waals surface area contributed by atoms with Gasteiger partial charge in [-0.05, 0) is 26.3 Å². The van der Waals surface area contributed by atoms with Crippen LogP contribution < -0.4 is 5.32 Å². The molecule has 0 saturated carbocycles. The minimum absolute atomic E-state index is 0.491. The Labute approximate surface area is 85.5 Å². The second-order valence-electron chi connectivity index (χ2n) is 3.99. The summed E-state index contributed by atoms with van der Waals surface area (Å²) >= 11 is 0. The highest BCUT2D eigenvalue weighted by Gasteiger charge is 2.15. The van der Waals surface area contributed by atoms with E-state index in [-0.39, 0.29) is 0 Å². The van der Waals surface area contributed by atoms with Gasteiger partial charge in [0.05, 0.1) is 18.1 Å². The number of hydrogen-bond acceptors (Lipinski definition) is 2. The van der Waals surface area contributed by atoms with Crippen LogP contribution in [0.1, 0.15) is 44.3 Å². The molecule has 3 heteroatoms. The molecule has 14 heavy (non-hydrogen) atoms. The van der Waals surface area contributed by atoms with E-state index in [0.29, 0.717) is 6.04 Å². The summed E-state index contributed by atoms with van der Waals surface area (Å²) in [5.41, 5.74) is 1.22. The Balaban J connectivity index is 2.04. The van der Waals surface area contributed by atoms with Crippen molar-refractivity contribution in [2.24, 2.45) is 0 Å². The van der Waals surface area contributed by atoms with E-state index in [0.717, 1.165) is 13.1 Å². The molecule has 1 aliphatic heterocycles. The number of aromatic nitrogens is 2. The average molecular weight is 193 g/mol. The lowest BCUT2D eigenvalue weighted by Gasteiger charge is -2.12. The van der Waals surface area contributed by atoms with Gasteiger partial charge in [0.15, 0.2) is 0 Å². The van der Waals surface area contributed by atoms with Crippen LogP contribution in [0.25, 0.3) is 0 Å². The van der Waals surface area contributed by atoms with Crippen molar-refractivity contribution in [3.8, 4) is 0 Å². The van der Waals surface area contributed by atoms with Crippen molar-refractivity contribution < 1.29 is 0 Å². The number of rotatable bonds is 2. The largest absolute Gasteiger partial charge is 0.337 e. The lowest BCUT2D eigenvalue weighted by atomic mass is 10.1. The maximum absolute atomic E-state index is 4.45. The van der Waals surface area contributed by atoms with Gasteiger partial charge in [-0.25, -0.2) is 4.98 Å². The second kappa shape index (κ2) is 4.60. The van der Waals surface area contributed by atoms with Crippen molar-refractivity contribution in [3.63, 3.8) is 0 Å². The number of imidazole rings is 1. The number of aryl methyl sites for hydroxylation is 1. The molecule has 1 N–H and O–H groups in total. The Morgan fingerprint density at radius 2 is 2.43 bits per heavy atom. The summed E-state index contributed by atoms with van der Waals surface area (Å²) in [5, 5.41) is 3.56. The monoisotopic (exact) mass is 193 g/mol. The van der Waals surface area contributed by atoms with Crippen molar-refractivity contribution in [3.05, 3.63) is 18.2 Å². The van der Waals surface area contributed by atoms with Crippen molar-refractivity contribution in [1.29, 1.82) is 0 Å². The Bertz CT molecular complexity index is 272. The molecule has 1 atom stereocenters. The fraction of sp³-hybridized carbons (Fsp3) is 0.727. The smallest absolute Gasteiger partial charge is 0.0950 e. The zero-order valence-corrected chi connectivity index (χ0v) is 8.87. The first kappa shape index (κ1) is 9.71. The van der Waals surface area contributed by atoms with Crippen LogP contribution in [-0.4, -0.2) is 16.1 Å². The van der Waals surface area contributed by atoms with E-state index in [1.165, 1.54) is 31.4 Å². The molecule has 78 valence electrons. The lowest BCUT2D eigenvalue weighted by molar-refractivity contribution is 0.523. The van der Waals surface area contributed by atoms with Crippen LogP contribution in [0.15, 0.2) is 12.5 Å². The van der Waals surface area contributed by atoms with Crippen LogP contribution in [0.2, 0.25) is 0 Å². The van der Waals surface area contributed by atoms with E-state index in [2.05, 4.69) is 28.0 Å². The van der Waals surface area contributed by atoms with E-state index in [9.17, 15) is 0 Å². The minimum atomic E-state index is 0.491. The summed E-state index contributed by atoms with van der Waals surface area (Å²) in [4.78, 5) is 4.45. The maximum Gasteiger partial charge on any atom is 0.0950 e. The van der Waals surface area contributed by atoms with E-state index in [4.69, 9.17) is 0 Å². The van der Waals surface area contributed by atoms with Gasteiger partial charge in [-0.2, -0.15) is 0 Å². The van der Waals surface area contributed by atoms with Crippen LogP contribution in [0.3, 0.4) is 0 Å². The van der Waals surface area contributed by atoms with Gasteiger partial charge in [-0.15, -0.1) is 0 Å². The third-order valence-electron chi connectivity index (χ3n) is 2.94. The first-order valence-corrected chi connectivity index (χ1v) is 5.65.